The highest BCUT2D eigenvalue weighted by Crippen LogP contribution is 2.13. The lowest BCUT2D eigenvalue weighted by Crippen LogP contribution is -2.31. The maximum Gasteiger partial charge on any atom is 0.222 e. The van der Waals surface area contributed by atoms with Gasteiger partial charge in [0.15, 0.2) is 0 Å². The van der Waals surface area contributed by atoms with Crippen molar-refractivity contribution in [2.45, 2.75) is 26.7 Å². The van der Waals surface area contributed by atoms with E-state index >= 15 is 0 Å². The molecule has 3 heteroatoms. The highest BCUT2D eigenvalue weighted by atomic mass is 16.5. The van der Waals surface area contributed by atoms with Crippen LogP contribution in [0.2, 0.25) is 0 Å². The Kier molecular flexibility index (Phi) is 6.21. The SMILES string of the molecule is Cc1ccc(CCC(=O)N(C)CCOc2ccccc2)c(C)c1. The van der Waals surface area contributed by atoms with Crippen molar-refractivity contribution < 1.29 is 9.53 Å². The summed E-state index contributed by atoms with van der Waals surface area (Å²) in [6.45, 7) is 5.29. The Morgan fingerprint density at radius 3 is 2.52 bits per heavy atom. The molecule has 23 heavy (non-hydrogen) atoms. The Morgan fingerprint density at radius 1 is 1.09 bits per heavy atom. The third-order valence-corrected chi connectivity index (χ3v) is 3.97. The number of amides is 1. The number of likely N-dealkylation sites (N-methyl/N-ethyl adjacent to an activating group) is 1. The highest BCUT2D eigenvalue weighted by molar-refractivity contribution is 5.76. The number of nitrogens with zero attached hydrogens (tertiary/aromatic N) is 1. The number of carbonyl (C=O) groups is 1. The Morgan fingerprint density at radius 2 is 1.83 bits per heavy atom. The van der Waals surface area contributed by atoms with Crippen LogP contribution >= 0.6 is 0 Å². The number of hydrogen-bond donors (Lipinski definition) is 0. The topological polar surface area (TPSA) is 29.5 Å². The smallest absolute Gasteiger partial charge is 0.222 e. The zero-order valence-electron chi connectivity index (χ0n) is 14.2. The molecule has 0 fully saturated rings. The third-order valence-electron chi connectivity index (χ3n) is 3.97. The van der Waals surface area contributed by atoms with Crippen molar-refractivity contribution in [3.8, 4) is 5.75 Å². The van der Waals surface area contributed by atoms with Crippen LogP contribution in [-0.2, 0) is 11.2 Å². The molecular weight excluding hydrogens is 286 g/mol. The van der Waals surface area contributed by atoms with Crippen LogP contribution in [0.5, 0.6) is 5.75 Å². The van der Waals surface area contributed by atoms with Gasteiger partial charge in [-0.05, 0) is 43.5 Å². The fourth-order valence-electron chi connectivity index (χ4n) is 2.50. The van der Waals surface area contributed by atoms with Crippen molar-refractivity contribution >= 4 is 5.91 Å². The molecule has 0 N–H and O–H groups in total. The molecule has 3 nitrogen and oxygen atoms in total. The van der Waals surface area contributed by atoms with Gasteiger partial charge in [0.25, 0.3) is 0 Å². The van der Waals surface area contributed by atoms with Crippen LogP contribution in [0.25, 0.3) is 0 Å². The first-order valence-corrected chi connectivity index (χ1v) is 8.04. The van der Waals surface area contributed by atoms with E-state index in [-0.39, 0.29) is 5.91 Å². The van der Waals surface area contributed by atoms with Crippen molar-refractivity contribution in [1.82, 2.24) is 4.90 Å². The van der Waals surface area contributed by atoms with E-state index in [9.17, 15) is 4.79 Å². The highest BCUT2D eigenvalue weighted by Gasteiger charge is 2.10. The van der Waals surface area contributed by atoms with Gasteiger partial charge in [-0.2, -0.15) is 0 Å². The van der Waals surface area contributed by atoms with Crippen LogP contribution in [0.3, 0.4) is 0 Å². The summed E-state index contributed by atoms with van der Waals surface area (Å²) in [4.78, 5) is 13.9. The molecule has 2 rings (SSSR count). The standard InChI is InChI=1S/C20H25NO2/c1-16-9-10-18(17(2)15-16)11-12-20(22)21(3)13-14-23-19-7-5-4-6-8-19/h4-10,15H,11-14H2,1-3H3. The van der Waals surface area contributed by atoms with E-state index in [1.54, 1.807) is 4.90 Å². The molecule has 122 valence electrons. The maximum absolute atomic E-state index is 12.2. The Balaban J connectivity index is 1.74. The molecule has 0 aliphatic rings. The van der Waals surface area contributed by atoms with Crippen LogP contribution in [0.1, 0.15) is 23.1 Å². The van der Waals surface area contributed by atoms with Gasteiger partial charge in [-0.15, -0.1) is 0 Å². The van der Waals surface area contributed by atoms with Crippen LogP contribution in [-0.4, -0.2) is 31.0 Å². The average molecular weight is 311 g/mol. The van der Waals surface area contributed by atoms with E-state index in [1.165, 1.54) is 16.7 Å². The number of ether oxygens (including phenoxy) is 1. The van der Waals surface area contributed by atoms with E-state index in [1.807, 2.05) is 37.4 Å². The summed E-state index contributed by atoms with van der Waals surface area (Å²) < 4.78 is 5.63. The fourth-order valence-corrected chi connectivity index (χ4v) is 2.50. The van der Waals surface area contributed by atoms with Crippen molar-refractivity contribution in [2.75, 3.05) is 20.2 Å². The van der Waals surface area contributed by atoms with E-state index in [0.29, 0.717) is 19.6 Å². The van der Waals surface area contributed by atoms with Crippen LogP contribution in [0.4, 0.5) is 0 Å². The summed E-state index contributed by atoms with van der Waals surface area (Å²) in [5.74, 6) is 0.991. The summed E-state index contributed by atoms with van der Waals surface area (Å²) in [6.07, 6.45) is 1.32. The van der Waals surface area contributed by atoms with Crippen molar-refractivity contribution in [1.29, 1.82) is 0 Å². The second-order valence-electron chi connectivity index (χ2n) is 5.91. The van der Waals surface area contributed by atoms with Crippen LogP contribution in [0, 0.1) is 13.8 Å². The van der Waals surface area contributed by atoms with Gasteiger partial charge in [0, 0.05) is 13.5 Å². The lowest BCUT2D eigenvalue weighted by Gasteiger charge is -2.18. The number of aryl methyl sites for hydroxylation is 3. The molecule has 0 radical (unpaired) electrons. The normalized spacial score (nSPS) is 10.4. The Bertz CT molecular complexity index is 637. The predicted molar refractivity (Wildman–Crippen MR) is 93.8 cm³/mol. The van der Waals surface area contributed by atoms with Gasteiger partial charge >= 0.3 is 0 Å². The Hall–Kier alpha value is -2.29. The number of hydrogen-bond acceptors (Lipinski definition) is 2. The molecule has 1 amide bonds. The predicted octanol–water partition coefficient (Wildman–Crippen LogP) is 3.77. The van der Waals surface area contributed by atoms with Gasteiger partial charge in [-0.25, -0.2) is 0 Å². The summed E-state index contributed by atoms with van der Waals surface area (Å²) in [5, 5.41) is 0. The molecule has 0 heterocycles. The minimum absolute atomic E-state index is 0.154. The molecule has 0 spiro atoms. The second kappa shape index (κ2) is 8.37. The van der Waals surface area contributed by atoms with Crippen LogP contribution in [0.15, 0.2) is 48.5 Å². The van der Waals surface area contributed by atoms with Gasteiger partial charge in [0.1, 0.15) is 12.4 Å². The molecule has 0 atom stereocenters. The van der Waals surface area contributed by atoms with Crippen molar-refractivity contribution in [2.24, 2.45) is 0 Å². The molecule has 0 aromatic heterocycles. The molecule has 0 unspecified atom stereocenters. The van der Waals surface area contributed by atoms with Gasteiger partial charge in [-0.1, -0.05) is 42.0 Å². The summed E-state index contributed by atoms with van der Waals surface area (Å²) in [7, 11) is 1.83. The van der Waals surface area contributed by atoms with Gasteiger partial charge in [0.05, 0.1) is 6.54 Å². The monoisotopic (exact) mass is 311 g/mol. The fraction of sp³-hybridized carbons (Fsp3) is 0.350. The van der Waals surface area contributed by atoms with E-state index in [4.69, 9.17) is 4.74 Å². The zero-order chi connectivity index (χ0) is 16.7. The molecule has 0 aliphatic carbocycles. The van der Waals surface area contributed by atoms with Gasteiger partial charge in [0.2, 0.25) is 5.91 Å². The lowest BCUT2D eigenvalue weighted by atomic mass is 10.0. The summed E-state index contributed by atoms with van der Waals surface area (Å²) in [5.41, 5.74) is 3.76. The van der Waals surface area contributed by atoms with Crippen LogP contribution < -0.4 is 4.74 Å². The summed E-state index contributed by atoms with van der Waals surface area (Å²) in [6, 6.07) is 16.1. The summed E-state index contributed by atoms with van der Waals surface area (Å²) >= 11 is 0. The number of rotatable bonds is 7. The number of carbonyl (C=O) groups excluding carboxylic acids is 1. The second-order valence-corrected chi connectivity index (χ2v) is 5.91. The minimum Gasteiger partial charge on any atom is -0.492 e. The molecular formula is C20H25NO2. The zero-order valence-corrected chi connectivity index (χ0v) is 14.2. The van der Waals surface area contributed by atoms with E-state index in [2.05, 4.69) is 32.0 Å². The third kappa shape index (κ3) is 5.44. The first-order valence-electron chi connectivity index (χ1n) is 8.04. The average Bonchev–Trinajstić information content (AvgIpc) is 2.54. The number of benzene rings is 2. The van der Waals surface area contributed by atoms with Crippen molar-refractivity contribution in [3.63, 3.8) is 0 Å². The number of para-hydroxylation sites is 1. The molecule has 0 saturated heterocycles. The lowest BCUT2D eigenvalue weighted by molar-refractivity contribution is -0.130. The minimum atomic E-state index is 0.154. The largest absolute Gasteiger partial charge is 0.492 e. The van der Waals surface area contributed by atoms with Gasteiger partial charge < -0.3 is 9.64 Å². The van der Waals surface area contributed by atoms with Crippen molar-refractivity contribution in [3.05, 3.63) is 65.2 Å². The quantitative estimate of drug-likeness (QED) is 0.779. The molecule has 2 aromatic carbocycles. The first-order chi connectivity index (χ1) is 11.1. The van der Waals surface area contributed by atoms with Gasteiger partial charge in [-0.3, -0.25) is 4.79 Å². The van der Waals surface area contributed by atoms with E-state index in [0.717, 1.165) is 12.2 Å². The molecule has 2 aromatic rings. The van der Waals surface area contributed by atoms with E-state index < -0.39 is 0 Å². The molecule has 0 bridgehead atoms. The first kappa shape index (κ1) is 17.1. The molecule has 0 aliphatic heterocycles. The maximum atomic E-state index is 12.2. The Labute approximate surface area is 138 Å². The molecule has 0 saturated carbocycles.